The molecule has 0 aromatic heterocycles. The second kappa shape index (κ2) is 5.13. The van der Waals surface area contributed by atoms with Gasteiger partial charge in [0.1, 0.15) is 0 Å². The van der Waals surface area contributed by atoms with Crippen molar-refractivity contribution >= 4 is 13.5 Å². The monoisotopic (exact) mass is 270 g/mol. The molecule has 1 nitrogen and oxygen atoms in total. The molecule has 7 heteroatoms. The summed E-state index contributed by atoms with van der Waals surface area (Å²) in [7, 11) is -5.28. The molecule has 0 saturated heterocycles. The lowest BCUT2D eigenvalue weighted by Crippen LogP contribution is -2.68. The topological polar surface area (TPSA) is 9.23 Å². The fraction of sp³-hybridized carbons (Fsp3) is 0.400. The fourth-order valence-corrected chi connectivity index (χ4v) is 3.98. The Balaban J connectivity index is 3.36. The Hall–Kier alpha value is -0.953. The highest BCUT2D eigenvalue weighted by Gasteiger charge is 2.68. The predicted octanol–water partition coefficient (Wildman–Crippen LogP) is 2.78. The van der Waals surface area contributed by atoms with E-state index in [4.69, 9.17) is 0 Å². The van der Waals surface area contributed by atoms with Crippen LogP contribution in [0.5, 0.6) is 0 Å². The van der Waals surface area contributed by atoms with Gasteiger partial charge in [-0.15, -0.1) is 0 Å². The van der Waals surface area contributed by atoms with E-state index in [2.05, 4.69) is 4.43 Å². The highest BCUT2D eigenvalue weighted by molar-refractivity contribution is 6.88. The van der Waals surface area contributed by atoms with Crippen LogP contribution < -0.4 is 5.19 Å². The second-order valence-electron chi connectivity index (χ2n) is 3.33. The molecular formula is C10H11F5OSi. The molecule has 0 heterocycles. The van der Waals surface area contributed by atoms with Crippen molar-refractivity contribution < 1.29 is 26.4 Å². The van der Waals surface area contributed by atoms with Crippen molar-refractivity contribution in [2.24, 2.45) is 0 Å². The van der Waals surface area contributed by atoms with Crippen molar-refractivity contribution in [1.29, 1.82) is 0 Å². The maximum absolute atomic E-state index is 13.0. The number of hydrogen-bond acceptors (Lipinski definition) is 1. The summed E-state index contributed by atoms with van der Waals surface area (Å²) in [5, 5.41) is -0.454. The van der Waals surface area contributed by atoms with E-state index in [-0.39, 0.29) is 0 Å². The van der Waals surface area contributed by atoms with Crippen LogP contribution in [-0.4, -0.2) is 26.8 Å². The highest BCUT2D eigenvalue weighted by Crippen LogP contribution is 2.34. The molecule has 0 radical (unpaired) electrons. The van der Waals surface area contributed by atoms with E-state index >= 15 is 0 Å². The molecule has 0 aliphatic heterocycles. The summed E-state index contributed by atoms with van der Waals surface area (Å²) in [6, 6.07) is 2.60. The first-order valence-electron chi connectivity index (χ1n) is 4.90. The molecule has 0 fully saturated rings. The SMILES string of the molecule is CCO[Si](c1ccccc1)(C(F)F)C(F)(F)F. The largest absolute Gasteiger partial charge is 0.417 e. The lowest BCUT2D eigenvalue weighted by molar-refractivity contribution is -0.0819. The van der Waals surface area contributed by atoms with Gasteiger partial charge in [0.25, 0.3) is 6.05 Å². The molecule has 17 heavy (non-hydrogen) atoms. The second-order valence-corrected chi connectivity index (χ2v) is 6.67. The number of alkyl halides is 5. The summed E-state index contributed by atoms with van der Waals surface area (Å²) in [6.45, 7) is 0.879. The average Bonchev–Trinajstić information content (AvgIpc) is 2.24. The third kappa shape index (κ3) is 2.49. The number of halogens is 5. The van der Waals surface area contributed by atoms with Gasteiger partial charge in [-0.2, -0.15) is 13.2 Å². The standard InChI is InChI=1S/C10H11F5OSi/c1-2-16-17(9(11)12,10(13,14)15)8-6-4-3-5-7-8/h3-7,9H,2H2,1H3. The van der Waals surface area contributed by atoms with Crippen molar-refractivity contribution in [3.8, 4) is 0 Å². The Morgan fingerprint density at radius 2 is 1.71 bits per heavy atom. The molecule has 1 rings (SSSR count). The van der Waals surface area contributed by atoms with Gasteiger partial charge in [-0.25, -0.2) is 8.78 Å². The summed E-state index contributed by atoms with van der Waals surface area (Å²) in [4.78, 5) is 0. The molecule has 0 N–H and O–H groups in total. The van der Waals surface area contributed by atoms with E-state index < -0.39 is 32.0 Å². The molecular weight excluding hydrogens is 259 g/mol. The normalized spacial score (nSPS) is 15.9. The van der Waals surface area contributed by atoms with Crippen LogP contribution in [0, 0.1) is 0 Å². The average molecular weight is 270 g/mol. The molecule has 1 aromatic rings. The molecule has 0 saturated carbocycles. The predicted molar refractivity (Wildman–Crippen MR) is 55.5 cm³/mol. The first kappa shape index (κ1) is 14.1. The minimum absolute atomic E-state index is 0.398. The molecule has 0 aliphatic rings. The van der Waals surface area contributed by atoms with Crippen LogP contribution in [0.2, 0.25) is 0 Å². The summed E-state index contributed by atoms with van der Waals surface area (Å²) >= 11 is 0. The zero-order chi connectivity index (χ0) is 13.1. The van der Waals surface area contributed by atoms with Crippen molar-refractivity contribution in [3.05, 3.63) is 30.3 Å². The highest BCUT2D eigenvalue weighted by atomic mass is 28.4. The van der Waals surface area contributed by atoms with Crippen LogP contribution in [0.1, 0.15) is 6.92 Å². The van der Waals surface area contributed by atoms with E-state index in [1.807, 2.05) is 0 Å². The van der Waals surface area contributed by atoms with Crippen LogP contribution in [0.3, 0.4) is 0 Å². The minimum Gasteiger partial charge on any atom is -0.402 e. The zero-order valence-corrected chi connectivity index (χ0v) is 9.97. The lowest BCUT2D eigenvalue weighted by atomic mass is 10.4. The van der Waals surface area contributed by atoms with Gasteiger partial charge in [0.05, 0.1) is 0 Å². The summed E-state index contributed by atoms with van der Waals surface area (Å²) in [6.07, 6.45) is 0. The van der Waals surface area contributed by atoms with E-state index in [1.54, 1.807) is 0 Å². The number of hydrogen-bond donors (Lipinski definition) is 0. The van der Waals surface area contributed by atoms with Crippen LogP contribution in [0.15, 0.2) is 30.3 Å². The van der Waals surface area contributed by atoms with Gasteiger partial charge in [-0.05, 0) is 12.1 Å². The maximum Gasteiger partial charge on any atom is 0.417 e. The summed E-state index contributed by atoms with van der Waals surface area (Å²) in [5.41, 5.74) is 0. The molecule has 1 aromatic carbocycles. The molecule has 1 atom stereocenters. The molecule has 0 spiro atoms. The Kier molecular flexibility index (Phi) is 4.26. The maximum atomic E-state index is 13.0. The Morgan fingerprint density at radius 3 is 2.06 bits per heavy atom. The number of benzene rings is 1. The Bertz CT molecular complexity index is 353. The Labute approximate surface area is 96.3 Å². The van der Waals surface area contributed by atoms with E-state index in [0.29, 0.717) is 0 Å². The Morgan fingerprint density at radius 1 is 1.18 bits per heavy atom. The first-order valence-corrected chi connectivity index (χ1v) is 6.89. The van der Waals surface area contributed by atoms with Crippen LogP contribution in [0.25, 0.3) is 0 Å². The van der Waals surface area contributed by atoms with E-state index in [0.717, 1.165) is 12.1 Å². The fourth-order valence-electron chi connectivity index (χ4n) is 1.55. The molecule has 1 unspecified atom stereocenters. The van der Waals surface area contributed by atoms with Crippen LogP contribution in [-0.2, 0) is 4.43 Å². The van der Waals surface area contributed by atoms with Crippen molar-refractivity contribution in [2.45, 2.75) is 18.8 Å². The number of rotatable bonds is 4. The molecule has 0 amide bonds. The molecule has 96 valence electrons. The lowest BCUT2D eigenvalue weighted by Gasteiger charge is -2.31. The third-order valence-electron chi connectivity index (χ3n) is 2.30. The van der Waals surface area contributed by atoms with Crippen LogP contribution >= 0.6 is 0 Å². The third-order valence-corrected chi connectivity index (χ3v) is 5.70. The first-order chi connectivity index (χ1) is 7.86. The van der Waals surface area contributed by atoms with Gasteiger partial charge in [0.2, 0.25) is 0 Å². The molecule has 0 aliphatic carbocycles. The van der Waals surface area contributed by atoms with Crippen molar-refractivity contribution in [2.75, 3.05) is 6.61 Å². The van der Waals surface area contributed by atoms with Gasteiger partial charge in [0, 0.05) is 6.61 Å². The van der Waals surface area contributed by atoms with E-state index in [9.17, 15) is 22.0 Å². The smallest absolute Gasteiger partial charge is 0.402 e. The summed E-state index contributed by atoms with van der Waals surface area (Å²) in [5.74, 6) is -5.04. The quantitative estimate of drug-likeness (QED) is 0.604. The van der Waals surface area contributed by atoms with Gasteiger partial charge in [-0.1, -0.05) is 30.3 Å². The molecule has 0 bridgehead atoms. The minimum atomic E-state index is -5.28. The van der Waals surface area contributed by atoms with Gasteiger partial charge in [0.15, 0.2) is 0 Å². The summed E-state index contributed by atoms with van der Waals surface area (Å²) < 4.78 is 69.3. The van der Waals surface area contributed by atoms with Crippen molar-refractivity contribution in [1.82, 2.24) is 0 Å². The van der Waals surface area contributed by atoms with Crippen LogP contribution in [0.4, 0.5) is 22.0 Å². The van der Waals surface area contributed by atoms with E-state index in [1.165, 1.54) is 25.1 Å². The van der Waals surface area contributed by atoms with Gasteiger partial charge in [-0.3, -0.25) is 0 Å². The van der Waals surface area contributed by atoms with Gasteiger partial charge >= 0.3 is 14.1 Å². The zero-order valence-electron chi connectivity index (χ0n) is 8.97. The van der Waals surface area contributed by atoms with Gasteiger partial charge < -0.3 is 4.43 Å². The van der Waals surface area contributed by atoms with Crippen molar-refractivity contribution in [3.63, 3.8) is 0 Å².